The topological polar surface area (TPSA) is 91.4 Å². The van der Waals surface area contributed by atoms with Gasteiger partial charge in [0.25, 0.3) is 0 Å². The first kappa shape index (κ1) is 36.7. The number of aldehydes is 1. The van der Waals surface area contributed by atoms with Crippen LogP contribution in [0, 0.1) is 0 Å². The summed E-state index contributed by atoms with van der Waals surface area (Å²) < 4.78 is 10.9. The van der Waals surface area contributed by atoms with E-state index in [0.29, 0.717) is 12.1 Å². The van der Waals surface area contributed by atoms with Gasteiger partial charge in [-0.1, -0.05) is 0 Å². The van der Waals surface area contributed by atoms with E-state index in [1.54, 1.807) is 22.3 Å². The molecule has 2 aromatic heterocycles. The molecule has 2 saturated heterocycles. The quantitative estimate of drug-likeness (QED) is 0.373. The van der Waals surface area contributed by atoms with E-state index in [-0.39, 0.29) is 24.3 Å². The first-order valence-corrected chi connectivity index (χ1v) is 16.8. The molecule has 0 bridgehead atoms. The second-order valence-electron chi connectivity index (χ2n) is 13.4. The Kier molecular flexibility index (Phi) is 14.1. The largest absolute Gasteiger partial charge is 0.444 e. The summed E-state index contributed by atoms with van der Waals surface area (Å²) in [6.07, 6.45) is 0.441. The van der Waals surface area contributed by atoms with Crippen molar-refractivity contribution in [3.05, 3.63) is 44.8 Å². The fraction of sp³-hybridized carbons (Fsp3) is 0.656. The second kappa shape index (κ2) is 16.6. The number of ether oxygens (including phenoxy) is 2. The summed E-state index contributed by atoms with van der Waals surface area (Å²) in [7, 11) is 0. The van der Waals surface area contributed by atoms with Gasteiger partial charge in [0.05, 0.1) is 0 Å². The lowest BCUT2D eigenvalue weighted by molar-refractivity contribution is -0.0117. The normalized spacial score (nSPS) is 22.8. The smallest absolute Gasteiger partial charge is 0.410 e. The molecule has 2 amide bonds. The Balaban J connectivity index is 0.000000254. The van der Waals surface area contributed by atoms with Crippen molar-refractivity contribution >= 4 is 41.1 Å². The lowest BCUT2D eigenvalue weighted by atomic mass is 10.1. The number of nitrogens with one attached hydrogen (secondary N) is 1. The van der Waals surface area contributed by atoms with Crippen molar-refractivity contribution in [2.24, 2.45) is 0 Å². The highest BCUT2D eigenvalue weighted by molar-refractivity contribution is 7.08. The van der Waals surface area contributed by atoms with Gasteiger partial charge in [-0.2, -0.15) is 22.7 Å². The number of nitrogens with zero attached hydrogens (tertiary/aromatic N) is 3. The first-order chi connectivity index (χ1) is 20.0. The van der Waals surface area contributed by atoms with Gasteiger partial charge in [-0.25, -0.2) is 9.59 Å². The third-order valence-corrected chi connectivity index (χ3v) is 8.21. The summed E-state index contributed by atoms with van der Waals surface area (Å²) >= 11 is 3.26. The van der Waals surface area contributed by atoms with Crippen LogP contribution in [-0.4, -0.2) is 94.7 Å². The Morgan fingerprint density at radius 3 is 1.86 bits per heavy atom. The highest BCUT2D eigenvalue weighted by Gasteiger charge is 2.34. The summed E-state index contributed by atoms with van der Waals surface area (Å²) in [5.74, 6) is 0. The molecular weight excluding hydrogens is 585 g/mol. The van der Waals surface area contributed by atoms with Crippen molar-refractivity contribution in [3.63, 3.8) is 0 Å². The summed E-state index contributed by atoms with van der Waals surface area (Å²) in [6.45, 7) is 23.9. The van der Waals surface area contributed by atoms with Crippen molar-refractivity contribution in [1.82, 2.24) is 20.0 Å². The van der Waals surface area contributed by atoms with Gasteiger partial charge in [-0.05, 0) is 103 Å². The molecule has 2 aliphatic heterocycles. The molecule has 0 aromatic carbocycles. The highest BCUT2D eigenvalue weighted by Crippen LogP contribution is 2.21. The predicted molar refractivity (Wildman–Crippen MR) is 176 cm³/mol. The van der Waals surface area contributed by atoms with E-state index >= 15 is 0 Å². The van der Waals surface area contributed by atoms with Gasteiger partial charge in [-0.3, -0.25) is 9.69 Å². The molecule has 2 fully saturated rings. The van der Waals surface area contributed by atoms with Crippen LogP contribution >= 0.6 is 22.7 Å². The van der Waals surface area contributed by atoms with Crippen molar-refractivity contribution in [2.45, 2.75) is 111 Å². The maximum Gasteiger partial charge on any atom is 0.410 e. The van der Waals surface area contributed by atoms with E-state index in [4.69, 9.17) is 9.47 Å². The fourth-order valence-electron chi connectivity index (χ4n) is 4.55. The molecule has 9 nitrogen and oxygen atoms in total. The molecule has 2 aromatic rings. The monoisotopic (exact) mass is 636 g/mol. The minimum Gasteiger partial charge on any atom is -0.444 e. The molecule has 43 heavy (non-hydrogen) atoms. The highest BCUT2D eigenvalue weighted by atomic mass is 32.1. The minimum absolute atomic E-state index is 0.176. The second-order valence-corrected chi connectivity index (χ2v) is 14.9. The number of carbonyl (C=O) groups is 3. The number of amides is 2. The van der Waals surface area contributed by atoms with E-state index in [1.807, 2.05) is 64.1 Å². The number of hydrogen-bond acceptors (Lipinski definition) is 9. The molecule has 0 saturated carbocycles. The third kappa shape index (κ3) is 13.4. The molecule has 1 N–H and O–H groups in total. The van der Waals surface area contributed by atoms with E-state index in [9.17, 15) is 14.4 Å². The minimum atomic E-state index is -0.437. The van der Waals surface area contributed by atoms with Crippen molar-refractivity contribution in [2.75, 3.05) is 26.2 Å². The van der Waals surface area contributed by atoms with Crippen molar-refractivity contribution in [3.8, 4) is 0 Å². The van der Waals surface area contributed by atoms with E-state index in [0.717, 1.165) is 44.6 Å². The van der Waals surface area contributed by atoms with Crippen LogP contribution in [0.4, 0.5) is 9.59 Å². The lowest BCUT2D eigenvalue weighted by Crippen LogP contribution is -2.58. The molecule has 0 aliphatic carbocycles. The Labute approximate surface area is 266 Å². The molecule has 0 spiro atoms. The van der Waals surface area contributed by atoms with Crippen molar-refractivity contribution < 1.29 is 23.9 Å². The zero-order valence-electron chi connectivity index (χ0n) is 27.6. The van der Waals surface area contributed by atoms with Crippen LogP contribution in [0.2, 0.25) is 0 Å². The maximum atomic E-state index is 12.3. The third-order valence-electron chi connectivity index (χ3n) is 6.78. The number of hydrogen-bond donors (Lipinski definition) is 1. The molecular formula is C32H52N4O5S2. The average Bonchev–Trinajstić information content (AvgIpc) is 3.60. The van der Waals surface area contributed by atoms with Gasteiger partial charge in [0, 0.05) is 67.8 Å². The lowest BCUT2D eigenvalue weighted by Gasteiger charge is -2.44. The van der Waals surface area contributed by atoms with E-state index < -0.39 is 11.2 Å². The van der Waals surface area contributed by atoms with Crippen LogP contribution in [0.15, 0.2) is 33.7 Å². The molecule has 4 heterocycles. The number of piperazine rings is 2. The summed E-state index contributed by atoms with van der Waals surface area (Å²) in [5, 5.41) is 11.3. The van der Waals surface area contributed by atoms with Crippen LogP contribution in [0.1, 0.15) is 85.2 Å². The van der Waals surface area contributed by atoms with Crippen LogP contribution in [0.3, 0.4) is 0 Å². The van der Waals surface area contributed by atoms with Crippen LogP contribution < -0.4 is 5.32 Å². The molecule has 11 heteroatoms. The standard InChI is InChI=1S/C16H26N2O2S.C11H22N2O2.C5H4OS/c1-12-9-18(15(19)20-16(3,4)5)13(2)8-17(12)10-14-6-7-21-11-14;1-8-7-13(9(2)6-12-8)10(14)15-11(3,4)5;6-3-5-1-2-7-4-5/h6-7,11-13H,8-10H2,1-5H3;8-9,12H,6-7H2,1-5H3;1-4H/t12-,13+;8-,9+;/m00./s1. The summed E-state index contributed by atoms with van der Waals surface area (Å²) in [6, 6.07) is 5.02. The number of carbonyl (C=O) groups excluding carboxylic acids is 3. The molecule has 0 unspecified atom stereocenters. The van der Waals surface area contributed by atoms with Crippen molar-refractivity contribution in [1.29, 1.82) is 0 Å². The van der Waals surface area contributed by atoms with Crippen LogP contribution in [0.25, 0.3) is 0 Å². The van der Waals surface area contributed by atoms with Gasteiger partial charge in [0.1, 0.15) is 11.2 Å². The molecule has 242 valence electrons. The van der Waals surface area contributed by atoms with Gasteiger partial charge >= 0.3 is 12.2 Å². The van der Waals surface area contributed by atoms with E-state index in [2.05, 4.69) is 47.8 Å². The van der Waals surface area contributed by atoms with Gasteiger partial charge in [0.2, 0.25) is 0 Å². The van der Waals surface area contributed by atoms with Gasteiger partial charge in [0.15, 0.2) is 6.29 Å². The van der Waals surface area contributed by atoms with Gasteiger partial charge in [-0.15, -0.1) is 0 Å². The van der Waals surface area contributed by atoms with E-state index in [1.165, 1.54) is 16.9 Å². The molecule has 0 radical (unpaired) electrons. The Bertz CT molecular complexity index is 1110. The average molecular weight is 637 g/mol. The summed E-state index contributed by atoms with van der Waals surface area (Å²) in [5.41, 5.74) is 1.27. The zero-order valence-corrected chi connectivity index (χ0v) is 29.2. The van der Waals surface area contributed by atoms with Crippen LogP contribution in [0.5, 0.6) is 0 Å². The first-order valence-electron chi connectivity index (χ1n) is 14.9. The number of thiophene rings is 2. The fourth-order valence-corrected chi connectivity index (χ4v) is 5.81. The summed E-state index contributed by atoms with van der Waals surface area (Å²) in [4.78, 5) is 40.1. The molecule has 4 rings (SSSR count). The Morgan fingerprint density at radius 1 is 0.837 bits per heavy atom. The predicted octanol–water partition coefficient (Wildman–Crippen LogP) is 6.74. The van der Waals surface area contributed by atoms with Crippen LogP contribution in [-0.2, 0) is 16.0 Å². The Hall–Kier alpha value is -2.47. The molecule has 4 atom stereocenters. The SMILES string of the molecule is C[C@@H]1CN(Cc2ccsc2)[C@@H](C)CN1C(=O)OC(C)(C)C.C[C@@H]1CN[C@@H](C)CN1C(=O)OC(C)(C)C.O=Cc1ccsc1. The molecule has 2 aliphatic rings. The maximum absolute atomic E-state index is 12.3. The Morgan fingerprint density at radius 2 is 1.40 bits per heavy atom. The number of rotatable bonds is 3. The van der Waals surface area contributed by atoms with Gasteiger partial charge < -0.3 is 24.6 Å². The zero-order chi connectivity index (χ0) is 32.4.